The number of aromatic nitrogens is 2. The molecule has 0 aliphatic carbocycles. The van der Waals surface area contributed by atoms with Crippen LogP contribution in [0.2, 0.25) is 0 Å². The van der Waals surface area contributed by atoms with Crippen molar-refractivity contribution in [3.8, 4) is 5.69 Å². The first-order chi connectivity index (χ1) is 7.99. The molecule has 17 heavy (non-hydrogen) atoms. The van der Waals surface area contributed by atoms with Gasteiger partial charge >= 0.3 is 0 Å². The summed E-state index contributed by atoms with van der Waals surface area (Å²) in [5.74, 6) is -0.300. The van der Waals surface area contributed by atoms with Gasteiger partial charge in [-0.05, 0) is 44.5 Å². The fourth-order valence-electron chi connectivity index (χ4n) is 1.85. The highest BCUT2D eigenvalue weighted by atomic mass is 19.1. The summed E-state index contributed by atoms with van der Waals surface area (Å²) >= 11 is 0. The fourth-order valence-corrected chi connectivity index (χ4v) is 1.85. The summed E-state index contributed by atoms with van der Waals surface area (Å²) in [5, 5.41) is 4.26. The lowest BCUT2D eigenvalue weighted by molar-refractivity contribution is 0.603. The molecule has 0 amide bonds. The van der Waals surface area contributed by atoms with Crippen LogP contribution in [-0.4, -0.2) is 9.78 Å². The Morgan fingerprint density at radius 2 is 2.00 bits per heavy atom. The second-order valence-electron chi connectivity index (χ2n) is 4.34. The SMILES string of the molecule is Cc1cc(C)n(-c2ccc(C(C)N)cc2F)n1. The molecule has 0 saturated carbocycles. The van der Waals surface area contributed by atoms with E-state index in [0.29, 0.717) is 5.69 Å². The Hall–Kier alpha value is -1.68. The van der Waals surface area contributed by atoms with Crippen molar-refractivity contribution >= 4 is 0 Å². The third kappa shape index (κ3) is 2.22. The number of rotatable bonds is 2. The normalized spacial score (nSPS) is 12.8. The Morgan fingerprint density at radius 3 is 2.47 bits per heavy atom. The van der Waals surface area contributed by atoms with Gasteiger partial charge in [0.15, 0.2) is 0 Å². The predicted octanol–water partition coefficient (Wildman–Crippen LogP) is 2.65. The zero-order valence-electron chi connectivity index (χ0n) is 10.2. The van der Waals surface area contributed by atoms with E-state index in [1.54, 1.807) is 10.7 Å². The number of hydrogen-bond donors (Lipinski definition) is 1. The second kappa shape index (κ2) is 4.30. The number of aryl methyl sites for hydroxylation is 2. The summed E-state index contributed by atoms with van der Waals surface area (Å²) in [6, 6.07) is 6.77. The maximum absolute atomic E-state index is 14.0. The van der Waals surface area contributed by atoms with Gasteiger partial charge < -0.3 is 5.73 Å². The minimum absolute atomic E-state index is 0.168. The molecule has 2 N–H and O–H groups in total. The van der Waals surface area contributed by atoms with Crippen LogP contribution < -0.4 is 5.73 Å². The van der Waals surface area contributed by atoms with Crippen molar-refractivity contribution < 1.29 is 4.39 Å². The maximum Gasteiger partial charge on any atom is 0.149 e. The van der Waals surface area contributed by atoms with Crippen molar-refractivity contribution in [3.05, 3.63) is 47.0 Å². The Labute approximate surface area is 100 Å². The van der Waals surface area contributed by atoms with Crippen LogP contribution in [0.25, 0.3) is 5.69 Å². The third-order valence-electron chi connectivity index (χ3n) is 2.74. The molecule has 0 aliphatic rings. The average molecular weight is 233 g/mol. The van der Waals surface area contributed by atoms with E-state index in [2.05, 4.69) is 5.10 Å². The molecule has 1 unspecified atom stereocenters. The highest BCUT2D eigenvalue weighted by Gasteiger charge is 2.10. The Balaban J connectivity index is 2.50. The van der Waals surface area contributed by atoms with E-state index < -0.39 is 0 Å². The van der Waals surface area contributed by atoms with Crippen LogP contribution in [0.1, 0.15) is 29.9 Å². The minimum atomic E-state index is -0.300. The molecule has 0 fully saturated rings. The molecular weight excluding hydrogens is 217 g/mol. The Kier molecular flexibility index (Phi) is 2.98. The first kappa shape index (κ1) is 11.8. The van der Waals surface area contributed by atoms with E-state index in [4.69, 9.17) is 5.73 Å². The summed E-state index contributed by atoms with van der Waals surface area (Å²) < 4.78 is 15.6. The van der Waals surface area contributed by atoms with Crippen molar-refractivity contribution in [3.63, 3.8) is 0 Å². The fraction of sp³-hybridized carbons (Fsp3) is 0.308. The molecule has 0 bridgehead atoms. The number of nitrogens with zero attached hydrogens (tertiary/aromatic N) is 2. The molecule has 0 spiro atoms. The van der Waals surface area contributed by atoms with E-state index in [9.17, 15) is 4.39 Å². The van der Waals surface area contributed by atoms with Gasteiger partial charge in [-0.1, -0.05) is 6.07 Å². The van der Waals surface area contributed by atoms with Crippen molar-refractivity contribution in [2.75, 3.05) is 0 Å². The van der Waals surface area contributed by atoms with Gasteiger partial charge in [-0.25, -0.2) is 9.07 Å². The first-order valence-electron chi connectivity index (χ1n) is 5.57. The highest BCUT2D eigenvalue weighted by molar-refractivity contribution is 5.38. The quantitative estimate of drug-likeness (QED) is 0.866. The standard InChI is InChI=1S/C13H16FN3/c1-8-6-9(2)17(16-8)13-5-4-11(10(3)15)7-12(13)14/h4-7,10H,15H2,1-3H3. The molecule has 2 aromatic rings. The summed E-state index contributed by atoms with van der Waals surface area (Å²) in [7, 11) is 0. The Bertz CT molecular complexity index is 544. The summed E-state index contributed by atoms with van der Waals surface area (Å²) in [6.45, 7) is 5.62. The van der Waals surface area contributed by atoms with Gasteiger partial charge in [0.2, 0.25) is 0 Å². The lowest BCUT2D eigenvalue weighted by atomic mass is 10.1. The molecule has 1 aromatic carbocycles. The zero-order chi connectivity index (χ0) is 12.6. The van der Waals surface area contributed by atoms with Crippen LogP contribution >= 0.6 is 0 Å². The van der Waals surface area contributed by atoms with Crippen molar-refractivity contribution in [1.82, 2.24) is 9.78 Å². The van der Waals surface area contributed by atoms with Crippen LogP contribution in [-0.2, 0) is 0 Å². The molecule has 1 atom stereocenters. The lowest BCUT2D eigenvalue weighted by Crippen LogP contribution is -2.07. The van der Waals surface area contributed by atoms with E-state index >= 15 is 0 Å². The smallest absolute Gasteiger partial charge is 0.149 e. The first-order valence-corrected chi connectivity index (χ1v) is 5.57. The zero-order valence-corrected chi connectivity index (χ0v) is 10.2. The van der Waals surface area contributed by atoms with Gasteiger partial charge in [0, 0.05) is 11.7 Å². The van der Waals surface area contributed by atoms with Gasteiger partial charge in [-0.15, -0.1) is 0 Å². The largest absolute Gasteiger partial charge is 0.324 e. The van der Waals surface area contributed by atoms with Gasteiger partial charge in [0.25, 0.3) is 0 Å². The average Bonchev–Trinajstić information content (AvgIpc) is 2.57. The number of hydrogen-bond acceptors (Lipinski definition) is 2. The molecule has 3 nitrogen and oxygen atoms in total. The second-order valence-corrected chi connectivity index (χ2v) is 4.34. The van der Waals surface area contributed by atoms with E-state index in [1.807, 2.05) is 32.9 Å². The molecule has 0 radical (unpaired) electrons. The molecule has 90 valence electrons. The summed E-state index contributed by atoms with van der Waals surface area (Å²) in [6.07, 6.45) is 0. The molecule has 4 heteroatoms. The van der Waals surface area contributed by atoms with Crippen molar-refractivity contribution in [1.29, 1.82) is 0 Å². The van der Waals surface area contributed by atoms with Gasteiger partial charge in [0.1, 0.15) is 11.5 Å². The maximum atomic E-state index is 14.0. The molecular formula is C13H16FN3. The van der Waals surface area contributed by atoms with Crippen molar-refractivity contribution in [2.24, 2.45) is 5.73 Å². The van der Waals surface area contributed by atoms with Gasteiger partial charge in [-0.3, -0.25) is 0 Å². The molecule has 1 aromatic heterocycles. The number of halogens is 1. The molecule has 1 heterocycles. The van der Waals surface area contributed by atoms with E-state index in [0.717, 1.165) is 17.0 Å². The number of benzene rings is 1. The van der Waals surface area contributed by atoms with Crippen LogP contribution in [0.4, 0.5) is 4.39 Å². The monoisotopic (exact) mass is 233 g/mol. The molecule has 0 saturated heterocycles. The topological polar surface area (TPSA) is 43.8 Å². The van der Waals surface area contributed by atoms with Crippen LogP contribution in [0.5, 0.6) is 0 Å². The van der Waals surface area contributed by atoms with Gasteiger partial charge in [-0.2, -0.15) is 5.10 Å². The van der Waals surface area contributed by atoms with Crippen LogP contribution in [0.15, 0.2) is 24.3 Å². The predicted molar refractivity (Wildman–Crippen MR) is 65.6 cm³/mol. The lowest BCUT2D eigenvalue weighted by Gasteiger charge is -2.10. The van der Waals surface area contributed by atoms with Crippen LogP contribution in [0, 0.1) is 19.7 Å². The Morgan fingerprint density at radius 1 is 1.29 bits per heavy atom. The summed E-state index contributed by atoms with van der Waals surface area (Å²) in [5.41, 5.74) is 8.74. The van der Waals surface area contributed by atoms with E-state index in [1.165, 1.54) is 6.07 Å². The molecule has 2 rings (SSSR count). The highest BCUT2D eigenvalue weighted by Crippen LogP contribution is 2.19. The molecule has 0 aliphatic heterocycles. The van der Waals surface area contributed by atoms with Crippen molar-refractivity contribution in [2.45, 2.75) is 26.8 Å². The van der Waals surface area contributed by atoms with E-state index in [-0.39, 0.29) is 11.9 Å². The third-order valence-corrected chi connectivity index (χ3v) is 2.74. The number of nitrogens with two attached hydrogens (primary N) is 1. The minimum Gasteiger partial charge on any atom is -0.324 e. The van der Waals surface area contributed by atoms with Crippen LogP contribution in [0.3, 0.4) is 0 Å². The summed E-state index contributed by atoms with van der Waals surface area (Å²) in [4.78, 5) is 0. The van der Waals surface area contributed by atoms with Gasteiger partial charge in [0.05, 0.1) is 5.69 Å².